The molecule has 2 fully saturated rings. The summed E-state index contributed by atoms with van der Waals surface area (Å²) in [7, 11) is 0. The number of halogens is 1. The van der Waals surface area contributed by atoms with E-state index in [-0.39, 0.29) is 24.1 Å². The van der Waals surface area contributed by atoms with Gasteiger partial charge in [0.05, 0.1) is 0 Å². The van der Waals surface area contributed by atoms with Crippen molar-refractivity contribution in [3.8, 4) is 0 Å². The quantitative estimate of drug-likeness (QED) is 0.508. The highest BCUT2D eigenvalue weighted by atomic mass is 35.5. The maximum Gasteiger partial charge on any atom is 0.255 e. The molecule has 2 saturated heterocycles. The van der Waals surface area contributed by atoms with Crippen LogP contribution in [0.2, 0.25) is 5.02 Å². The highest BCUT2D eigenvalue weighted by Crippen LogP contribution is 2.43. The summed E-state index contributed by atoms with van der Waals surface area (Å²) >= 11 is 6.16. The lowest BCUT2D eigenvalue weighted by Gasteiger charge is -2.39. The molecule has 3 aliphatic heterocycles. The predicted molar refractivity (Wildman–Crippen MR) is 153 cm³/mol. The van der Waals surface area contributed by atoms with E-state index in [1.165, 1.54) is 23.1 Å². The van der Waals surface area contributed by atoms with Gasteiger partial charge in [0.15, 0.2) is 0 Å². The van der Waals surface area contributed by atoms with Crippen molar-refractivity contribution < 1.29 is 14.4 Å². The second-order valence-corrected chi connectivity index (χ2v) is 12.6. The number of likely N-dealkylation sites (tertiary alicyclic amines) is 1. The summed E-state index contributed by atoms with van der Waals surface area (Å²) in [6.07, 6.45) is 6.30. The van der Waals surface area contributed by atoms with E-state index in [1.54, 1.807) is 10.5 Å². The van der Waals surface area contributed by atoms with E-state index in [2.05, 4.69) is 48.3 Å². The largest absolute Gasteiger partial charge is 0.322 e. The number of hydrogen-bond acceptors (Lipinski definition) is 4. The molecule has 1 unspecified atom stereocenters. The Morgan fingerprint density at radius 1 is 1.03 bits per heavy atom. The van der Waals surface area contributed by atoms with Gasteiger partial charge < -0.3 is 4.90 Å². The Kier molecular flexibility index (Phi) is 6.72. The van der Waals surface area contributed by atoms with Crippen LogP contribution in [0, 0.1) is 5.41 Å². The summed E-state index contributed by atoms with van der Waals surface area (Å²) in [6.45, 7) is 8.00. The van der Waals surface area contributed by atoms with Crippen LogP contribution in [-0.4, -0.2) is 53.2 Å². The molecule has 0 radical (unpaired) electrons. The van der Waals surface area contributed by atoms with Crippen LogP contribution in [0.25, 0.3) is 11.6 Å². The minimum atomic E-state index is -0.581. The van der Waals surface area contributed by atoms with Crippen LogP contribution in [0.1, 0.15) is 73.0 Å². The third-order valence-corrected chi connectivity index (χ3v) is 8.82. The van der Waals surface area contributed by atoms with Crippen molar-refractivity contribution in [2.75, 3.05) is 19.6 Å². The highest BCUT2D eigenvalue weighted by molar-refractivity contribution is 6.30. The van der Waals surface area contributed by atoms with E-state index in [0.717, 1.165) is 48.6 Å². The van der Waals surface area contributed by atoms with Crippen LogP contribution in [0.4, 0.5) is 0 Å². The SMILES string of the molecule is CC1(C)CCC(CN2CC(=Cc3ccc4c(c3)CN(C3CCC(=O)NC3=O)C4=O)C2)=C(c2ccc(Cl)cc2)C1. The van der Waals surface area contributed by atoms with Gasteiger partial charge in [0.25, 0.3) is 5.91 Å². The van der Waals surface area contributed by atoms with Crippen LogP contribution < -0.4 is 5.32 Å². The van der Waals surface area contributed by atoms with Gasteiger partial charge in [0.2, 0.25) is 11.8 Å². The number of fused-ring (bicyclic) bond motifs is 1. The number of rotatable bonds is 5. The van der Waals surface area contributed by atoms with Crippen molar-refractivity contribution in [2.24, 2.45) is 5.41 Å². The number of piperidine rings is 1. The van der Waals surface area contributed by atoms with Crippen molar-refractivity contribution >= 4 is 41.0 Å². The fourth-order valence-electron chi connectivity index (χ4n) is 6.38. The first-order chi connectivity index (χ1) is 18.6. The lowest BCUT2D eigenvalue weighted by atomic mass is 9.72. The first kappa shape index (κ1) is 26.0. The zero-order chi connectivity index (χ0) is 27.3. The number of hydrogen-bond donors (Lipinski definition) is 1. The molecule has 1 N–H and O–H groups in total. The van der Waals surface area contributed by atoms with E-state index >= 15 is 0 Å². The minimum Gasteiger partial charge on any atom is -0.322 e. The average molecular weight is 544 g/mol. The Morgan fingerprint density at radius 3 is 2.54 bits per heavy atom. The Morgan fingerprint density at radius 2 is 1.79 bits per heavy atom. The molecule has 6 nitrogen and oxygen atoms in total. The molecule has 3 heterocycles. The molecule has 4 aliphatic rings. The van der Waals surface area contributed by atoms with Crippen molar-refractivity contribution in [2.45, 2.75) is 58.5 Å². The first-order valence-corrected chi connectivity index (χ1v) is 14.2. The topological polar surface area (TPSA) is 69.7 Å². The summed E-state index contributed by atoms with van der Waals surface area (Å²) in [5.41, 5.74) is 8.67. The molecule has 3 amide bonds. The molecule has 0 aromatic heterocycles. The minimum absolute atomic E-state index is 0.131. The van der Waals surface area contributed by atoms with Gasteiger partial charge in [0, 0.05) is 43.2 Å². The van der Waals surface area contributed by atoms with Gasteiger partial charge in [0.1, 0.15) is 6.04 Å². The van der Waals surface area contributed by atoms with Gasteiger partial charge in [-0.15, -0.1) is 0 Å². The van der Waals surface area contributed by atoms with Gasteiger partial charge >= 0.3 is 0 Å². The summed E-state index contributed by atoms with van der Waals surface area (Å²) < 4.78 is 0. The van der Waals surface area contributed by atoms with Gasteiger partial charge in [-0.25, -0.2) is 0 Å². The van der Waals surface area contributed by atoms with E-state index in [4.69, 9.17) is 11.6 Å². The second-order valence-electron chi connectivity index (χ2n) is 12.2. The third kappa shape index (κ3) is 5.32. The molecular weight excluding hydrogens is 510 g/mol. The standard InChI is InChI=1S/C32H34ClN3O3/c1-32(2)12-11-23(27(15-32)22-4-6-25(33)7-5-22)18-35-16-21(17-35)13-20-3-8-26-24(14-20)19-36(31(26)39)28-9-10-29(37)34-30(28)38/h3-8,13-14,28H,9-12,15-19H2,1-2H3,(H,34,37,38). The summed E-state index contributed by atoms with van der Waals surface area (Å²) in [4.78, 5) is 40.9. The monoisotopic (exact) mass is 543 g/mol. The van der Waals surface area contributed by atoms with Crippen molar-refractivity contribution in [1.82, 2.24) is 15.1 Å². The number of amides is 3. The van der Waals surface area contributed by atoms with Crippen LogP contribution in [0.5, 0.6) is 0 Å². The number of carbonyl (C=O) groups excluding carboxylic acids is 3. The molecule has 0 spiro atoms. The predicted octanol–water partition coefficient (Wildman–Crippen LogP) is 5.46. The molecule has 0 bridgehead atoms. The molecule has 39 heavy (non-hydrogen) atoms. The Bertz CT molecular complexity index is 1410. The maximum absolute atomic E-state index is 13.0. The summed E-state index contributed by atoms with van der Waals surface area (Å²) in [6, 6.07) is 13.6. The molecule has 202 valence electrons. The molecule has 6 rings (SSSR count). The normalized spacial score (nSPS) is 23.1. The van der Waals surface area contributed by atoms with E-state index in [0.29, 0.717) is 23.9 Å². The van der Waals surface area contributed by atoms with Crippen LogP contribution in [-0.2, 0) is 16.1 Å². The zero-order valence-corrected chi connectivity index (χ0v) is 23.3. The number of benzene rings is 2. The molecule has 1 aliphatic carbocycles. The van der Waals surface area contributed by atoms with Crippen LogP contribution in [0.15, 0.2) is 53.6 Å². The molecule has 1 atom stereocenters. The first-order valence-electron chi connectivity index (χ1n) is 13.8. The second kappa shape index (κ2) is 10.1. The maximum atomic E-state index is 13.0. The van der Waals surface area contributed by atoms with Gasteiger partial charge in [-0.1, -0.05) is 55.3 Å². The van der Waals surface area contributed by atoms with Gasteiger partial charge in [-0.05, 0) is 83.2 Å². The summed E-state index contributed by atoms with van der Waals surface area (Å²) in [5, 5.41) is 3.13. The molecule has 7 heteroatoms. The molecule has 0 saturated carbocycles. The number of carbonyl (C=O) groups is 3. The number of allylic oxidation sites excluding steroid dienone is 1. The van der Waals surface area contributed by atoms with Gasteiger partial charge in [-0.3, -0.25) is 24.6 Å². The van der Waals surface area contributed by atoms with E-state index < -0.39 is 6.04 Å². The lowest BCUT2D eigenvalue weighted by Crippen LogP contribution is -2.52. The van der Waals surface area contributed by atoms with Crippen molar-refractivity contribution in [1.29, 1.82) is 0 Å². The number of nitrogens with zero attached hydrogens (tertiary/aromatic N) is 2. The van der Waals surface area contributed by atoms with Crippen LogP contribution >= 0.6 is 11.6 Å². The van der Waals surface area contributed by atoms with Crippen molar-refractivity contribution in [3.05, 3.63) is 80.9 Å². The van der Waals surface area contributed by atoms with Crippen molar-refractivity contribution in [3.63, 3.8) is 0 Å². The smallest absolute Gasteiger partial charge is 0.255 e. The average Bonchev–Trinajstić information content (AvgIpc) is 3.19. The number of nitrogens with one attached hydrogen (secondary N) is 1. The Balaban J connectivity index is 1.12. The lowest BCUT2D eigenvalue weighted by molar-refractivity contribution is -0.136. The van der Waals surface area contributed by atoms with Crippen LogP contribution in [0.3, 0.4) is 0 Å². The molecule has 2 aromatic rings. The summed E-state index contributed by atoms with van der Waals surface area (Å²) in [5.74, 6) is -0.775. The fourth-order valence-corrected chi connectivity index (χ4v) is 6.51. The van der Waals surface area contributed by atoms with Gasteiger partial charge in [-0.2, -0.15) is 0 Å². The Labute approximate surface area is 234 Å². The van der Waals surface area contributed by atoms with E-state index in [9.17, 15) is 14.4 Å². The van der Waals surface area contributed by atoms with E-state index in [1.807, 2.05) is 24.3 Å². The fraction of sp³-hybridized carbons (Fsp3) is 0.406. The number of imide groups is 1. The highest BCUT2D eigenvalue weighted by Gasteiger charge is 2.39. The molecular formula is C32H34ClN3O3. The molecule has 2 aromatic carbocycles. The zero-order valence-electron chi connectivity index (χ0n) is 22.6. The third-order valence-electron chi connectivity index (χ3n) is 8.56. The Hall–Kier alpha value is -3.22.